The summed E-state index contributed by atoms with van der Waals surface area (Å²) in [6.45, 7) is 3.81. The van der Waals surface area contributed by atoms with E-state index in [-0.39, 0.29) is 18.8 Å². The lowest BCUT2D eigenvalue weighted by molar-refractivity contribution is -0.142. The molecule has 0 spiro atoms. The van der Waals surface area contributed by atoms with Gasteiger partial charge in [0.2, 0.25) is 23.6 Å². The van der Waals surface area contributed by atoms with Gasteiger partial charge in [-0.1, -0.05) is 13.8 Å². The number of aliphatic carboxylic acids is 1. The van der Waals surface area contributed by atoms with Crippen molar-refractivity contribution < 1.29 is 29.1 Å². The summed E-state index contributed by atoms with van der Waals surface area (Å²) in [7, 11) is 0. The van der Waals surface area contributed by atoms with E-state index in [0.717, 1.165) is 0 Å². The van der Waals surface area contributed by atoms with Crippen LogP contribution in [0, 0.1) is 5.92 Å². The second kappa shape index (κ2) is 14.7. The van der Waals surface area contributed by atoms with Gasteiger partial charge in [0.05, 0.1) is 18.8 Å². The highest BCUT2D eigenvalue weighted by atomic mass is 16.4. The summed E-state index contributed by atoms with van der Waals surface area (Å²) >= 11 is 0. The molecule has 0 saturated heterocycles. The highest BCUT2D eigenvalue weighted by molar-refractivity contribution is 5.96. The number of nitrogens with one attached hydrogen (secondary N) is 4. The minimum Gasteiger partial charge on any atom is -0.480 e. The fraction of sp³-hybridized carbons (Fsp3) is 0.619. The molecule has 11 N–H and O–H groups in total. The van der Waals surface area contributed by atoms with Crippen LogP contribution in [0.3, 0.4) is 0 Å². The molecular weight excluding hydrogens is 460 g/mol. The summed E-state index contributed by atoms with van der Waals surface area (Å²) in [6, 6.07) is -4.76. The van der Waals surface area contributed by atoms with Crippen LogP contribution in [0.5, 0.6) is 0 Å². The Morgan fingerprint density at radius 2 is 1.60 bits per heavy atom. The standard InChI is InChI=1S/C21H36N8O6/c1-11(2)17(24)20(33)29-15(8-16(23)30)19(32)28-14(7-12-9-25-10-26-12)18(31)27-13(21(34)35)5-3-4-6-22/h9-11,13-15,17H,3-8,22,24H2,1-2H3,(H2,23,30)(H,25,26)(H,27,31)(H,28,32)(H,29,33)(H,34,35). The molecule has 1 aromatic rings. The molecule has 0 radical (unpaired) electrons. The summed E-state index contributed by atoms with van der Waals surface area (Å²) in [5.74, 6) is -4.62. The highest BCUT2D eigenvalue weighted by Crippen LogP contribution is 2.06. The van der Waals surface area contributed by atoms with E-state index in [1.165, 1.54) is 12.5 Å². The molecule has 0 aliphatic heterocycles. The van der Waals surface area contributed by atoms with Crippen molar-refractivity contribution >= 4 is 29.6 Å². The number of amides is 4. The van der Waals surface area contributed by atoms with Gasteiger partial charge in [-0.25, -0.2) is 9.78 Å². The second-order valence-electron chi connectivity index (χ2n) is 8.53. The van der Waals surface area contributed by atoms with Gasteiger partial charge < -0.3 is 43.2 Å². The molecule has 0 aliphatic carbocycles. The van der Waals surface area contributed by atoms with Gasteiger partial charge in [0.15, 0.2) is 0 Å². The molecule has 1 heterocycles. The van der Waals surface area contributed by atoms with Crippen molar-refractivity contribution in [3.63, 3.8) is 0 Å². The normalized spacial score (nSPS) is 14.4. The van der Waals surface area contributed by atoms with Gasteiger partial charge in [0.25, 0.3) is 0 Å². The van der Waals surface area contributed by atoms with Crippen LogP contribution in [0.1, 0.15) is 45.2 Å². The number of hydrogen-bond acceptors (Lipinski definition) is 8. The second-order valence-corrected chi connectivity index (χ2v) is 8.53. The lowest BCUT2D eigenvalue weighted by Gasteiger charge is -2.25. The maximum Gasteiger partial charge on any atom is 0.326 e. The molecule has 0 aromatic carbocycles. The third kappa shape index (κ3) is 10.5. The molecule has 14 nitrogen and oxygen atoms in total. The smallest absolute Gasteiger partial charge is 0.326 e. The predicted octanol–water partition coefficient (Wildman–Crippen LogP) is -2.52. The first-order chi connectivity index (χ1) is 16.5. The van der Waals surface area contributed by atoms with E-state index in [1.807, 2.05) is 0 Å². The van der Waals surface area contributed by atoms with E-state index >= 15 is 0 Å². The number of carboxylic acid groups (broad SMARTS) is 1. The first kappa shape index (κ1) is 29.5. The zero-order valence-corrected chi connectivity index (χ0v) is 20.0. The molecule has 4 amide bonds. The highest BCUT2D eigenvalue weighted by Gasteiger charge is 2.31. The van der Waals surface area contributed by atoms with E-state index in [1.54, 1.807) is 13.8 Å². The van der Waals surface area contributed by atoms with Crippen LogP contribution in [0.2, 0.25) is 0 Å². The van der Waals surface area contributed by atoms with Crippen molar-refractivity contribution in [3.05, 3.63) is 18.2 Å². The van der Waals surface area contributed by atoms with Gasteiger partial charge >= 0.3 is 5.97 Å². The number of nitrogens with zero attached hydrogens (tertiary/aromatic N) is 1. The third-order valence-corrected chi connectivity index (χ3v) is 5.23. The van der Waals surface area contributed by atoms with Gasteiger partial charge in [-0.2, -0.15) is 0 Å². The molecule has 1 aromatic heterocycles. The number of aromatic amines is 1. The number of H-pyrrole nitrogens is 1. The summed E-state index contributed by atoms with van der Waals surface area (Å²) in [5.41, 5.74) is 17.0. The minimum absolute atomic E-state index is 0.0601. The van der Waals surface area contributed by atoms with E-state index in [4.69, 9.17) is 17.2 Å². The van der Waals surface area contributed by atoms with Crippen LogP contribution >= 0.6 is 0 Å². The first-order valence-electron chi connectivity index (χ1n) is 11.3. The number of hydrogen-bond donors (Lipinski definition) is 8. The molecule has 0 fully saturated rings. The Balaban J connectivity index is 3.05. The number of rotatable bonds is 16. The SMILES string of the molecule is CC(C)C(N)C(=O)NC(CC(N)=O)C(=O)NC(Cc1cnc[nH]1)C(=O)NC(CCCCN)C(=O)O. The summed E-state index contributed by atoms with van der Waals surface area (Å²) in [5, 5.41) is 16.7. The van der Waals surface area contributed by atoms with Crippen molar-refractivity contribution in [2.45, 2.75) is 70.1 Å². The number of carboxylic acids is 1. The topological polar surface area (TPSA) is 248 Å². The number of primary amides is 1. The lowest BCUT2D eigenvalue weighted by atomic mass is 10.0. The zero-order chi connectivity index (χ0) is 26.5. The number of carbonyl (C=O) groups is 5. The molecule has 0 aliphatic rings. The Hall–Kier alpha value is -3.52. The molecular formula is C21H36N8O6. The molecule has 35 heavy (non-hydrogen) atoms. The van der Waals surface area contributed by atoms with E-state index in [9.17, 15) is 29.1 Å². The number of imidazole rings is 1. The summed E-state index contributed by atoms with van der Waals surface area (Å²) in [4.78, 5) is 68.1. The minimum atomic E-state index is -1.39. The lowest BCUT2D eigenvalue weighted by Crippen LogP contribution is -2.58. The van der Waals surface area contributed by atoms with Crippen molar-refractivity contribution in [2.75, 3.05) is 6.54 Å². The predicted molar refractivity (Wildman–Crippen MR) is 125 cm³/mol. The van der Waals surface area contributed by atoms with Crippen LogP contribution in [0.15, 0.2) is 12.5 Å². The molecule has 0 saturated carbocycles. The maximum absolute atomic E-state index is 13.0. The first-order valence-corrected chi connectivity index (χ1v) is 11.3. The maximum atomic E-state index is 13.0. The number of nitrogens with two attached hydrogens (primary N) is 3. The average Bonchev–Trinajstić information content (AvgIpc) is 3.29. The van der Waals surface area contributed by atoms with Crippen LogP contribution in [-0.2, 0) is 30.4 Å². The fourth-order valence-corrected chi connectivity index (χ4v) is 3.10. The van der Waals surface area contributed by atoms with Gasteiger partial charge in [0.1, 0.15) is 18.1 Å². The van der Waals surface area contributed by atoms with Crippen molar-refractivity contribution in [1.82, 2.24) is 25.9 Å². The molecule has 4 unspecified atom stereocenters. The van der Waals surface area contributed by atoms with Crippen LogP contribution in [0.4, 0.5) is 0 Å². The summed E-state index contributed by atoms with van der Waals surface area (Å²) in [6.07, 6.45) is 3.44. The summed E-state index contributed by atoms with van der Waals surface area (Å²) < 4.78 is 0. The Labute approximate surface area is 203 Å². The quantitative estimate of drug-likeness (QED) is 0.112. The van der Waals surface area contributed by atoms with Gasteiger partial charge in [-0.15, -0.1) is 0 Å². The third-order valence-electron chi connectivity index (χ3n) is 5.23. The van der Waals surface area contributed by atoms with Gasteiger partial charge in [0, 0.05) is 18.3 Å². The number of carbonyl (C=O) groups excluding carboxylic acids is 4. The molecule has 196 valence electrons. The fourth-order valence-electron chi connectivity index (χ4n) is 3.10. The Morgan fingerprint density at radius 1 is 1.00 bits per heavy atom. The van der Waals surface area contributed by atoms with Crippen LogP contribution in [0.25, 0.3) is 0 Å². The molecule has 14 heteroatoms. The van der Waals surface area contributed by atoms with E-state index < -0.39 is 60.2 Å². The van der Waals surface area contributed by atoms with Crippen LogP contribution < -0.4 is 33.2 Å². The number of aromatic nitrogens is 2. The van der Waals surface area contributed by atoms with Gasteiger partial charge in [-0.05, 0) is 31.7 Å². The zero-order valence-electron chi connectivity index (χ0n) is 20.0. The van der Waals surface area contributed by atoms with E-state index in [0.29, 0.717) is 25.1 Å². The van der Waals surface area contributed by atoms with Crippen molar-refractivity contribution in [2.24, 2.45) is 23.1 Å². The Kier molecular flexibility index (Phi) is 12.4. The van der Waals surface area contributed by atoms with Crippen molar-refractivity contribution in [1.29, 1.82) is 0 Å². The molecule has 0 bridgehead atoms. The number of unbranched alkanes of at least 4 members (excludes halogenated alkanes) is 1. The largest absolute Gasteiger partial charge is 0.480 e. The monoisotopic (exact) mass is 496 g/mol. The molecule has 1 rings (SSSR count). The van der Waals surface area contributed by atoms with Crippen LogP contribution in [-0.4, -0.2) is 75.4 Å². The molecule has 4 atom stereocenters. The Bertz CT molecular complexity index is 860. The Morgan fingerprint density at radius 3 is 2.11 bits per heavy atom. The van der Waals surface area contributed by atoms with Crippen molar-refractivity contribution in [3.8, 4) is 0 Å². The average molecular weight is 497 g/mol. The van der Waals surface area contributed by atoms with Gasteiger partial charge in [-0.3, -0.25) is 19.2 Å². The van der Waals surface area contributed by atoms with E-state index in [2.05, 4.69) is 25.9 Å².